The van der Waals surface area contributed by atoms with Gasteiger partial charge in [-0.25, -0.2) is 0 Å². The molecule has 106 valence electrons. The van der Waals surface area contributed by atoms with Crippen LogP contribution in [0.4, 0.5) is 0 Å². The van der Waals surface area contributed by atoms with Crippen molar-refractivity contribution in [2.45, 2.75) is 64.6 Å². The van der Waals surface area contributed by atoms with Gasteiger partial charge >= 0.3 is 0 Å². The molecule has 0 fully saturated rings. The average Bonchev–Trinajstić information content (AvgIpc) is 2.44. The predicted molar refractivity (Wildman–Crippen MR) is 82.3 cm³/mol. The van der Waals surface area contributed by atoms with E-state index in [0.29, 0.717) is 18.0 Å². The van der Waals surface area contributed by atoms with E-state index in [1.165, 1.54) is 24.0 Å². The summed E-state index contributed by atoms with van der Waals surface area (Å²) in [6, 6.07) is 9.95. The van der Waals surface area contributed by atoms with E-state index in [2.05, 4.69) is 56.9 Å². The molecule has 0 heterocycles. The van der Waals surface area contributed by atoms with Crippen molar-refractivity contribution in [3.63, 3.8) is 0 Å². The molecule has 2 rings (SSSR count). The summed E-state index contributed by atoms with van der Waals surface area (Å²) >= 11 is 0. The van der Waals surface area contributed by atoms with Crippen LogP contribution < -0.4 is 5.73 Å². The standard InChI is InChI=1S/C17H28N2/c1-5-13(4)19(6-2)16-11-12(3)14-9-7-8-10-15(14)17(16)18/h7-10,12-13,16-17H,5-6,11,18H2,1-4H3. The second-order valence-corrected chi connectivity index (χ2v) is 5.95. The number of nitrogens with zero attached hydrogens (tertiary/aromatic N) is 1. The van der Waals surface area contributed by atoms with Gasteiger partial charge in [-0.1, -0.05) is 45.0 Å². The Bertz CT molecular complexity index is 415. The van der Waals surface area contributed by atoms with Gasteiger partial charge in [-0.2, -0.15) is 0 Å². The Morgan fingerprint density at radius 3 is 2.47 bits per heavy atom. The summed E-state index contributed by atoms with van der Waals surface area (Å²) in [6.07, 6.45) is 2.36. The molecule has 0 saturated carbocycles. The minimum absolute atomic E-state index is 0.154. The molecule has 0 spiro atoms. The van der Waals surface area contributed by atoms with Crippen LogP contribution in [0.5, 0.6) is 0 Å². The molecule has 2 N–H and O–H groups in total. The first-order valence-corrected chi connectivity index (χ1v) is 7.70. The molecule has 0 radical (unpaired) electrons. The zero-order chi connectivity index (χ0) is 14.0. The fourth-order valence-electron chi connectivity index (χ4n) is 3.56. The maximum atomic E-state index is 6.58. The Hall–Kier alpha value is -0.860. The third kappa shape index (κ3) is 2.70. The fraction of sp³-hybridized carbons (Fsp3) is 0.647. The van der Waals surface area contributed by atoms with Crippen LogP contribution in [-0.4, -0.2) is 23.5 Å². The number of fused-ring (bicyclic) bond motifs is 1. The summed E-state index contributed by atoms with van der Waals surface area (Å²) in [5, 5.41) is 0. The van der Waals surface area contributed by atoms with E-state index in [9.17, 15) is 0 Å². The van der Waals surface area contributed by atoms with Crippen LogP contribution in [0.25, 0.3) is 0 Å². The van der Waals surface area contributed by atoms with E-state index in [1.807, 2.05) is 0 Å². The molecule has 4 unspecified atom stereocenters. The first-order valence-electron chi connectivity index (χ1n) is 7.70. The summed E-state index contributed by atoms with van der Waals surface area (Å²) in [7, 11) is 0. The van der Waals surface area contributed by atoms with Crippen LogP contribution >= 0.6 is 0 Å². The van der Waals surface area contributed by atoms with E-state index in [-0.39, 0.29) is 6.04 Å². The molecule has 0 saturated heterocycles. The van der Waals surface area contributed by atoms with E-state index in [1.54, 1.807) is 0 Å². The van der Waals surface area contributed by atoms with Crippen LogP contribution in [0, 0.1) is 0 Å². The van der Waals surface area contributed by atoms with Crippen molar-refractivity contribution in [1.82, 2.24) is 4.90 Å². The van der Waals surface area contributed by atoms with Gasteiger partial charge in [0, 0.05) is 18.1 Å². The van der Waals surface area contributed by atoms with Gasteiger partial charge in [0.05, 0.1) is 0 Å². The Morgan fingerprint density at radius 1 is 1.26 bits per heavy atom. The van der Waals surface area contributed by atoms with Crippen molar-refractivity contribution >= 4 is 0 Å². The maximum Gasteiger partial charge on any atom is 0.0456 e. The second-order valence-electron chi connectivity index (χ2n) is 5.95. The van der Waals surface area contributed by atoms with Gasteiger partial charge < -0.3 is 5.73 Å². The summed E-state index contributed by atoms with van der Waals surface area (Å²) in [4.78, 5) is 2.59. The van der Waals surface area contributed by atoms with E-state index in [4.69, 9.17) is 5.73 Å². The summed E-state index contributed by atoms with van der Waals surface area (Å²) in [5.41, 5.74) is 9.39. The molecule has 2 nitrogen and oxygen atoms in total. The highest BCUT2D eigenvalue weighted by molar-refractivity contribution is 5.36. The molecule has 1 aliphatic rings. The monoisotopic (exact) mass is 260 g/mol. The lowest BCUT2D eigenvalue weighted by Gasteiger charge is -2.44. The first kappa shape index (κ1) is 14.5. The first-order chi connectivity index (χ1) is 9.10. The van der Waals surface area contributed by atoms with Gasteiger partial charge in [0.15, 0.2) is 0 Å². The SMILES string of the molecule is CCC(C)N(CC)C1CC(C)c2ccccc2C1N. The molecule has 19 heavy (non-hydrogen) atoms. The predicted octanol–water partition coefficient (Wildman–Crippen LogP) is 3.68. The molecular formula is C17H28N2. The number of likely N-dealkylation sites (N-methyl/N-ethyl adjacent to an activating group) is 1. The topological polar surface area (TPSA) is 29.3 Å². The summed E-state index contributed by atoms with van der Waals surface area (Å²) < 4.78 is 0. The number of hydrogen-bond acceptors (Lipinski definition) is 2. The van der Waals surface area contributed by atoms with Crippen molar-refractivity contribution in [2.75, 3.05) is 6.54 Å². The molecule has 0 aromatic heterocycles. The van der Waals surface area contributed by atoms with Gasteiger partial charge in [0.1, 0.15) is 0 Å². The quantitative estimate of drug-likeness (QED) is 0.894. The van der Waals surface area contributed by atoms with Crippen molar-refractivity contribution in [1.29, 1.82) is 0 Å². The Balaban J connectivity index is 2.30. The molecule has 0 aliphatic heterocycles. The van der Waals surface area contributed by atoms with Gasteiger partial charge in [-0.3, -0.25) is 4.90 Å². The molecule has 1 aromatic carbocycles. The van der Waals surface area contributed by atoms with Crippen LogP contribution in [0.3, 0.4) is 0 Å². The molecule has 1 aromatic rings. The molecular weight excluding hydrogens is 232 g/mol. The zero-order valence-corrected chi connectivity index (χ0v) is 12.8. The van der Waals surface area contributed by atoms with Crippen molar-refractivity contribution in [2.24, 2.45) is 5.73 Å². The van der Waals surface area contributed by atoms with Gasteiger partial charge in [-0.15, -0.1) is 0 Å². The third-order valence-corrected chi connectivity index (χ3v) is 4.84. The number of nitrogens with two attached hydrogens (primary N) is 1. The van der Waals surface area contributed by atoms with Crippen LogP contribution in [0.2, 0.25) is 0 Å². The zero-order valence-electron chi connectivity index (χ0n) is 12.8. The van der Waals surface area contributed by atoms with Crippen molar-refractivity contribution in [3.8, 4) is 0 Å². The lowest BCUT2D eigenvalue weighted by atomic mass is 9.77. The van der Waals surface area contributed by atoms with Gasteiger partial charge in [0.25, 0.3) is 0 Å². The average molecular weight is 260 g/mol. The van der Waals surface area contributed by atoms with Crippen molar-refractivity contribution in [3.05, 3.63) is 35.4 Å². The normalized spacial score (nSPS) is 28.2. The Labute approximate surface area is 118 Å². The summed E-state index contributed by atoms with van der Waals surface area (Å²) in [6.45, 7) is 10.3. The smallest absolute Gasteiger partial charge is 0.0456 e. The van der Waals surface area contributed by atoms with Gasteiger partial charge in [0.2, 0.25) is 0 Å². The molecule has 0 amide bonds. The molecule has 1 aliphatic carbocycles. The largest absolute Gasteiger partial charge is 0.323 e. The highest BCUT2D eigenvalue weighted by Crippen LogP contribution is 2.39. The number of rotatable bonds is 4. The summed E-state index contributed by atoms with van der Waals surface area (Å²) in [5.74, 6) is 0.610. The number of benzene rings is 1. The molecule has 2 heteroatoms. The van der Waals surface area contributed by atoms with Crippen molar-refractivity contribution < 1.29 is 0 Å². The number of hydrogen-bond donors (Lipinski definition) is 1. The van der Waals surface area contributed by atoms with Crippen LogP contribution in [-0.2, 0) is 0 Å². The Kier molecular flexibility index (Phi) is 4.64. The Morgan fingerprint density at radius 2 is 1.89 bits per heavy atom. The highest BCUT2D eigenvalue weighted by Gasteiger charge is 2.35. The maximum absolute atomic E-state index is 6.58. The fourth-order valence-corrected chi connectivity index (χ4v) is 3.56. The molecule has 4 atom stereocenters. The van der Waals surface area contributed by atoms with Crippen LogP contribution in [0.1, 0.15) is 63.6 Å². The molecule has 0 bridgehead atoms. The van der Waals surface area contributed by atoms with Gasteiger partial charge in [-0.05, 0) is 43.4 Å². The lowest BCUT2D eigenvalue weighted by Crippen LogP contribution is -2.49. The minimum atomic E-state index is 0.154. The van der Waals surface area contributed by atoms with Crippen LogP contribution in [0.15, 0.2) is 24.3 Å². The lowest BCUT2D eigenvalue weighted by molar-refractivity contribution is 0.109. The third-order valence-electron chi connectivity index (χ3n) is 4.84. The van der Waals surface area contributed by atoms with E-state index < -0.39 is 0 Å². The van der Waals surface area contributed by atoms with E-state index in [0.717, 1.165) is 6.54 Å². The van der Waals surface area contributed by atoms with E-state index >= 15 is 0 Å². The second kappa shape index (κ2) is 6.06. The highest BCUT2D eigenvalue weighted by atomic mass is 15.2. The minimum Gasteiger partial charge on any atom is -0.323 e.